The maximum atomic E-state index is 10.3. The maximum absolute atomic E-state index is 10.3. The van der Waals surface area contributed by atoms with Gasteiger partial charge in [0.25, 0.3) is 0 Å². The highest BCUT2D eigenvalue weighted by Crippen LogP contribution is 2.47. The molecule has 0 saturated heterocycles. The van der Waals surface area contributed by atoms with E-state index in [0.29, 0.717) is 30.3 Å². The summed E-state index contributed by atoms with van der Waals surface area (Å²) in [6.45, 7) is 2.68. The molecule has 0 amide bonds. The molecule has 3 aliphatic carbocycles. The van der Waals surface area contributed by atoms with Gasteiger partial charge in [0.15, 0.2) is 0 Å². The van der Waals surface area contributed by atoms with Crippen molar-refractivity contribution in [3.63, 3.8) is 0 Å². The van der Waals surface area contributed by atoms with Crippen molar-refractivity contribution in [2.75, 3.05) is 6.61 Å². The van der Waals surface area contributed by atoms with Crippen molar-refractivity contribution in [3.8, 4) is 0 Å². The van der Waals surface area contributed by atoms with Crippen LogP contribution >= 0.6 is 0 Å². The third kappa shape index (κ3) is 4.97. The van der Waals surface area contributed by atoms with Crippen LogP contribution < -0.4 is 0 Å². The van der Waals surface area contributed by atoms with Gasteiger partial charge in [-0.25, -0.2) is 0 Å². The molecular weight excluding hydrogens is 316 g/mol. The second-order valence-corrected chi connectivity index (χ2v) is 8.85. The third-order valence-electron chi connectivity index (χ3n) is 7.29. The average Bonchev–Trinajstić information content (AvgIpc) is 2.61. The molecule has 3 fully saturated rings. The molecule has 0 spiro atoms. The summed E-state index contributed by atoms with van der Waals surface area (Å²) < 4.78 is 5.85. The van der Waals surface area contributed by atoms with Gasteiger partial charge < -0.3 is 20.1 Å². The average molecular weight is 355 g/mol. The van der Waals surface area contributed by atoms with Crippen LogP contribution in [0.15, 0.2) is 0 Å². The standard InChI is InChI=1S/C21H38O4/c1-2-25-20-13-16(7-12-19(20)24)21(14-3-8-17(22)9-4-14)15-5-10-18(23)11-6-15/h14-24H,2-13H2,1H3. The molecule has 3 N–H and O–H groups in total. The molecule has 3 unspecified atom stereocenters. The Morgan fingerprint density at radius 1 is 0.720 bits per heavy atom. The second kappa shape index (κ2) is 9.16. The molecule has 4 heteroatoms. The van der Waals surface area contributed by atoms with E-state index in [0.717, 1.165) is 70.6 Å². The predicted molar refractivity (Wildman–Crippen MR) is 98.2 cm³/mol. The van der Waals surface area contributed by atoms with E-state index in [9.17, 15) is 15.3 Å². The van der Waals surface area contributed by atoms with Crippen LogP contribution in [0, 0.1) is 23.7 Å². The molecule has 0 aliphatic heterocycles. The summed E-state index contributed by atoms with van der Waals surface area (Å²) in [5.41, 5.74) is 0. The lowest BCUT2D eigenvalue weighted by Gasteiger charge is -2.46. The number of ether oxygens (including phenoxy) is 1. The van der Waals surface area contributed by atoms with Gasteiger partial charge in [-0.3, -0.25) is 0 Å². The lowest BCUT2D eigenvalue weighted by molar-refractivity contribution is -0.0881. The summed E-state index contributed by atoms with van der Waals surface area (Å²) in [7, 11) is 0. The van der Waals surface area contributed by atoms with Crippen molar-refractivity contribution in [2.24, 2.45) is 23.7 Å². The van der Waals surface area contributed by atoms with Crippen LogP contribution in [0.3, 0.4) is 0 Å². The maximum Gasteiger partial charge on any atom is 0.0836 e. The Balaban J connectivity index is 1.71. The molecule has 0 aromatic rings. The third-order valence-corrected chi connectivity index (χ3v) is 7.29. The first-order valence-corrected chi connectivity index (χ1v) is 10.7. The zero-order valence-corrected chi connectivity index (χ0v) is 15.9. The Kier molecular flexibility index (Phi) is 7.18. The van der Waals surface area contributed by atoms with Crippen LogP contribution in [0.4, 0.5) is 0 Å². The number of hydrogen-bond acceptors (Lipinski definition) is 4. The summed E-state index contributed by atoms with van der Waals surface area (Å²) in [5, 5.41) is 30.1. The normalized spacial score (nSPS) is 44.4. The molecule has 25 heavy (non-hydrogen) atoms. The van der Waals surface area contributed by atoms with E-state index in [1.54, 1.807) is 0 Å². The smallest absolute Gasteiger partial charge is 0.0836 e. The van der Waals surface area contributed by atoms with E-state index in [4.69, 9.17) is 4.74 Å². The molecular formula is C21H38O4. The van der Waals surface area contributed by atoms with Crippen molar-refractivity contribution >= 4 is 0 Å². The lowest BCUT2D eigenvalue weighted by atomic mass is 9.61. The fourth-order valence-electron chi connectivity index (χ4n) is 6.01. The van der Waals surface area contributed by atoms with E-state index in [-0.39, 0.29) is 24.4 Å². The zero-order valence-electron chi connectivity index (χ0n) is 15.9. The number of hydrogen-bond donors (Lipinski definition) is 3. The number of aliphatic hydroxyl groups excluding tert-OH is 3. The van der Waals surface area contributed by atoms with E-state index in [1.807, 2.05) is 6.92 Å². The Morgan fingerprint density at radius 2 is 1.20 bits per heavy atom. The van der Waals surface area contributed by atoms with Crippen LogP contribution in [-0.2, 0) is 4.74 Å². The molecule has 3 atom stereocenters. The van der Waals surface area contributed by atoms with Crippen molar-refractivity contribution in [1.82, 2.24) is 0 Å². The lowest BCUT2D eigenvalue weighted by Crippen LogP contribution is -2.43. The fraction of sp³-hybridized carbons (Fsp3) is 1.00. The van der Waals surface area contributed by atoms with Gasteiger partial charge in [-0.2, -0.15) is 0 Å². The van der Waals surface area contributed by atoms with Gasteiger partial charge in [0.1, 0.15) is 0 Å². The van der Waals surface area contributed by atoms with Gasteiger partial charge >= 0.3 is 0 Å². The van der Waals surface area contributed by atoms with Crippen LogP contribution in [0.5, 0.6) is 0 Å². The quantitative estimate of drug-likeness (QED) is 0.709. The van der Waals surface area contributed by atoms with E-state index in [2.05, 4.69) is 0 Å². The first-order chi connectivity index (χ1) is 12.1. The van der Waals surface area contributed by atoms with Crippen molar-refractivity contribution in [1.29, 1.82) is 0 Å². The zero-order chi connectivity index (χ0) is 17.8. The topological polar surface area (TPSA) is 69.9 Å². The largest absolute Gasteiger partial charge is 0.393 e. The van der Waals surface area contributed by atoms with Gasteiger partial charge in [0.2, 0.25) is 0 Å². The van der Waals surface area contributed by atoms with Gasteiger partial charge in [0.05, 0.1) is 24.4 Å². The number of rotatable bonds is 5. The van der Waals surface area contributed by atoms with Crippen molar-refractivity contribution < 1.29 is 20.1 Å². The number of aliphatic hydroxyl groups is 3. The minimum Gasteiger partial charge on any atom is -0.393 e. The second-order valence-electron chi connectivity index (χ2n) is 8.85. The molecule has 4 nitrogen and oxygen atoms in total. The van der Waals surface area contributed by atoms with Crippen LogP contribution in [0.1, 0.15) is 77.6 Å². The SMILES string of the molecule is CCOC1CC(C(C2CCC(O)CC2)C2CCC(O)CC2)CCC1O. The molecule has 3 aliphatic rings. The summed E-state index contributed by atoms with van der Waals surface area (Å²) in [6, 6.07) is 0. The van der Waals surface area contributed by atoms with Crippen LogP contribution in [0.2, 0.25) is 0 Å². The Hall–Kier alpha value is -0.160. The summed E-state index contributed by atoms with van der Waals surface area (Å²) in [5.74, 6) is 2.70. The van der Waals surface area contributed by atoms with Crippen LogP contribution in [-0.4, -0.2) is 46.3 Å². The molecule has 3 saturated carbocycles. The monoisotopic (exact) mass is 354 g/mol. The molecule has 0 heterocycles. The highest BCUT2D eigenvalue weighted by molar-refractivity contribution is 4.92. The molecule has 0 aromatic carbocycles. The Bertz CT molecular complexity index is 363. The van der Waals surface area contributed by atoms with E-state index >= 15 is 0 Å². The van der Waals surface area contributed by atoms with E-state index < -0.39 is 0 Å². The van der Waals surface area contributed by atoms with Crippen molar-refractivity contribution in [2.45, 2.75) is 102 Å². The highest BCUT2D eigenvalue weighted by Gasteiger charge is 2.42. The first kappa shape index (κ1) is 19.6. The molecule has 3 rings (SSSR count). The summed E-state index contributed by atoms with van der Waals surface area (Å²) in [4.78, 5) is 0. The minimum atomic E-state index is -0.307. The summed E-state index contributed by atoms with van der Waals surface area (Å²) >= 11 is 0. The van der Waals surface area contributed by atoms with Gasteiger partial charge in [0, 0.05) is 6.61 Å². The van der Waals surface area contributed by atoms with Gasteiger partial charge in [-0.15, -0.1) is 0 Å². The Labute approximate surface area is 153 Å². The Morgan fingerprint density at radius 3 is 1.68 bits per heavy atom. The minimum absolute atomic E-state index is 0.00499. The van der Waals surface area contributed by atoms with Crippen molar-refractivity contribution in [3.05, 3.63) is 0 Å². The molecule has 0 radical (unpaired) electrons. The fourth-order valence-corrected chi connectivity index (χ4v) is 6.01. The van der Waals surface area contributed by atoms with E-state index in [1.165, 1.54) is 0 Å². The van der Waals surface area contributed by atoms with Gasteiger partial charge in [-0.05, 0) is 101 Å². The van der Waals surface area contributed by atoms with Crippen LogP contribution in [0.25, 0.3) is 0 Å². The molecule has 146 valence electrons. The first-order valence-electron chi connectivity index (χ1n) is 10.7. The van der Waals surface area contributed by atoms with Gasteiger partial charge in [-0.1, -0.05) is 0 Å². The predicted octanol–water partition coefficient (Wildman–Crippen LogP) is 3.27. The molecule has 0 aromatic heterocycles. The summed E-state index contributed by atoms with van der Waals surface area (Å²) in [6.07, 6.45) is 10.8. The highest BCUT2D eigenvalue weighted by atomic mass is 16.5. The molecule has 0 bridgehead atoms.